The summed E-state index contributed by atoms with van der Waals surface area (Å²) >= 11 is 3.38. The van der Waals surface area contributed by atoms with Gasteiger partial charge in [-0.3, -0.25) is 9.48 Å². The Morgan fingerprint density at radius 1 is 1.50 bits per heavy atom. The molecule has 1 aromatic carbocycles. The van der Waals surface area contributed by atoms with Crippen LogP contribution in [0.4, 0.5) is 0 Å². The molecule has 0 aliphatic carbocycles. The Balaban J connectivity index is 1.87. The number of aromatic nitrogens is 2. The van der Waals surface area contributed by atoms with Crippen molar-refractivity contribution < 1.29 is 9.53 Å². The lowest BCUT2D eigenvalue weighted by molar-refractivity contribution is 0.0850. The first-order valence-electron chi connectivity index (χ1n) is 6.69. The number of aryl methyl sites for hydroxylation is 1. The molecular weight excluding hydrogens is 320 g/mol. The van der Waals surface area contributed by atoms with Gasteiger partial charge in [0.05, 0.1) is 18.2 Å². The Bertz CT molecular complexity index is 651. The van der Waals surface area contributed by atoms with Crippen molar-refractivity contribution in [3.05, 3.63) is 46.2 Å². The van der Waals surface area contributed by atoms with Crippen LogP contribution in [0.5, 0.6) is 5.75 Å². The van der Waals surface area contributed by atoms with Gasteiger partial charge >= 0.3 is 0 Å². The standard InChI is InChI=1S/C15H15BrN2O2/c1-2-5-18-9-10(8-17-18)15-7-13(19)12-6-11(16)3-4-14(12)20-15/h3-4,6,8-9,15H,2,5,7H2,1H3. The van der Waals surface area contributed by atoms with Crippen LogP contribution in [0.1, 0.15) is 41.8 Å². The Morgan fingerprint density at radius 2 is 2.35 bits per heavy atom. The normalized spacial score (nSPS) is 17.7. The molecule has 0 radical (unpaired) electrons. The second-order valence-corrected chi connectivity index (χ2v) is 5.83. The van der Waals surface area contributed by atoms with E-state index in [0.29, 0.717) is 17.7 Å². The number of fused-ring (bicyclic) bond motifs is 1. The molecule has 0 amide bonds. The lowest BCUT2D eigenvalue weighted by Crippen LogP contribution is -2.20. The Hall–Kier alpha value is -1.62. The fourth-order valence-corrected chi connectivity index (χ4v) is 2.74. The van der Waals surface area contributed by atoms with Gasteiger partial charge in [0.1, 0.15) is 11.9 Å². The number of benzene rings is 1. The van der Waals surface area contributed by atoms with E-state index in [1.807, 2.05) is 29.1 Å². The van der Waals surface area contributed by atoms with E-state index >= 15 is 0 Å². The number of carbonyl (C=O) groups is 1. The summed E-state index contributed by atoms with van der Waals surface area (Å²) in [6.07, 6.45) is 4.91. The molecule has 1 aliphatic rings. The topological polar surface area (TPSA) is 44.1 Å². The fraction of sp³-hybridized carbons (Fsp3) is 0.333. The van der Waals surface area contributed by atoms with Gasteiger partial charge in [-0.05, 0) is 24.6 Å². The lowest BCUT2D eigenvalue weighted by atomic mass is 9.98. The van der Waals surface area contributed by atoms with E-state index in [4.69, 9.17) is 4.74 Å². The predicted molar refractivity (Wildman–Crippen MR) is 79.0 cm³/mol. The summed E-state index contributed by atoms with van der Waals surface area (Å²) < 4.78 is 8.72. The van der Waals surface area contributed by atoms with Gasteiger partial charge in [0.25, 0.3) is 0 Å². The molecular formula is C15H15BrN2O2. The third kappa shape index (κ3) is 2.50. The molecule has 104 valence electrons. The number of Topliss-reactive ketones (excluding diaryl/α,β-unsaturated/α-hetero) is 1. The minimum absolute atomic E-state index is 0.112. The maximum absolute atomic E-state index is 12.2. The molecule has 5 heteroatoms. The Morgan fingerprint density at radius 3 is 3.15 bits per heavy atom. The van der Waals surface area contributed by atoms with Crippen LogP contribution in [0.15, 0.2) is 35.1 Å². The van der Waals surface area contributed by atoms with Crippen LogP contribution in [0, 0.1) is 0 Å². The van der Waals surface area contributed by atoms with Crippen LogP contribution in [-0.2, 0) is 6.54 Å². The van der Waals surface area contributed by atoms with E-state index in [-0.39, 0.29) is 11.9 Å². The molecule has 0 bridgehead atoms. The van der Waals surface area contributed by atoms with Crippen LogP contribution in [0.3, 0.4) is 0 Å². The van der Waals surface area contributed by atoms with Gasteiger partial charge in [-0.25, -0.2) is 0 Å². The number of halogens is 1. The summed E-state index contributed by atoms with van der Waals surface area (Å²) in [6, 6.07) is 5.53. The van der Waals surface area contributed by atoms with Gasteiger partial charge in [0, 0.05) is 22.8 Å². The van der Waals surface area contributed by atoms with Gasteiger partial charge in [-0.15, -0.1) is 0 Å². The van der Waals surface area contributed by atoms with Crippen LogP contribution in [-0.4, -0.2) is 15.6 Å². The second-order valence-electron chi connectivity index (χ2n) is 4.91. The second kappa shape index (κ2) is 5.40. The minimum atomic E-state index is -0.234. The highest BCUT2D eigenvalue weighted by atomic mass is 79.9. The molecule has 2 aromatic rings. The first-order chi connectivity index (χ1) is 9.67. The van der Waals surface area contributed by atoms with Crippen molar-refractivity contribution in [3.63, 3.8) is 0 Å². The third-order valence-corrected chi connectivity index (χ3v) is 3.85. The molecule has 20 heavy (non-hydrogen) atoms. The van der Waals surface area contributed by atoms with Crippen LogP contribution in [0.25, 0.3) is 0 Å². The zero-order valence-electron chi connectivity index (χ0n) is 11.2. The average molecular weight is 335 g/mol. The lowest BCUT2D eigenvalue weighted by Gasteiger charge is -2.24. The van der Waals surface area contributed by atoms with Crippen LogP contribution < -0.4 is 4.74 Å². The summed E-state index contributed by atoms with van der Waals surface area (Å²) in [5.74, 6) is 0.762. The molecule has 1 unspecified atom stereocenters. The number of hydrogen-bond acceptors (Lipinski definition) is 3. The predicted octanol–water partition coefficient (Wildman–Crippen LogP) is 3.76. The Labute approximate surface area is 125 Å². The van der Waals surface area contributed by atoms with Crippen molar-refractivity contribution in [2.24, 2.45) is 0 Å². The highest BCUT2D eigenvalue weighted by Crippen LogP contribution is 2.36. The monoisotopic (exact) mass is 334 g/mol. The molecule has 0 saturated heterocycles. The quantitative estimate of drug-likeness (QED) is 0.858. The summed E-state index contributed by atoms with van der Waals surface area (Å²) in [6.45, 7) is 2.99. The fourth-order valence-electron chi connectivity index (χ4n) is 2.38. The van der Waals surface area contributed by atoms with Crippen molar-refractivity contribution in [2.75, 3.05) is 0 Å². The zero-order valence-corrected chi connectivity index (χ0v) is 12.8. The van der Waals surface area contributed by atoms with Gasteiger partial charge in [-0.1, -0.05) is 22.9 Å². The molecule has 0 fully saturated rings. The number of hydrogen-bond donors (Lipinski definition) is 0. The zero-order chi connectivity index (χ0) is 14.1. The van der Waals surface area contributed by atoms with Gasteiger partial charge in [0.2, 0.25) is 0 Å². The number of nitrogens with zero attached hydrogens (tertiary/aromatic N) is 2. The van der Waals surface area contributed by atoms with Crippen LogP contribution >= 0.6 is 15.9 Å². The van der Waals surface area contributed by atoms with E-state index in [1.54, 1.807) is 6.20 Å². The summed E-state index contributed by atoms with van der Waals surface area (Å²) in [7, 11) is 0. The average Bonchev–Trinajstić information content (AvgIpc) is 2.88. The molecule has 1 aliphatic heterocycles. The molecule has 0 N–H and O–H groups in total. The molecule has 0 spiro atoms. The van der Waals surface area contributed by atoms with Gasteiger partial charge < -0.3 is 4.74 Å². The number of carbonyl (C=O) groups excluding carboxylic acids is 1. The first kappa shape index (κ1) is 13.4. The highest BCUT2D eigenvalue weighted by molar-refractivity contribution is 9.10. The molecule has 0 saturated carbocycles. The number of ketones is 1. The summed E-state index contributed by atoms with van der Waals surface area (Å²) in [5.41, 5.74) is 1.61. The highest BCUT2D eigenvalue weighted by Gasteiger charge is 2.28. The molecule has 2 heterocycles. The van der Waals surface area contributed by atoms with E-state index < -0.39 is 0 Å². The molecule has 3 rings (SSSR count). The smallest absolute Gasteiger partial charge is 0.170 e. The van der Waals surface area contributed by atoms with E-state index in [0.717, 1.165) is 23.0 Å². The third-order valence-electron chi connectivity index (χ3n) is 3.36. The van der Waals surface area contributed by atoms with E-state index in [2.05, 4.69) is 28.0 Å². The largest absolute Gasteiger partial charge is 0.484 e. The van der Waals surface area contributed by atoms with Gasteiger partial charge in [-0.2, -0.15) is 5.10 Å². The summed E-state index contributed by atoms with van der Waals surface area (Å²) in [5, 5.41) is 4.29. The molecule has 4 nitrogen and oxygen atoms in total. The molecule has 1 aromatic heterocycles. The number of ether oxygens (including phenoxy) is 1. The van der Waals surface area contributed by atoms with Crippen molar-refractivity contribution >= 4 is 21.7 Å². The van der Waals surface area contributed by atoms with E-state index in [1.165, 1.54) is 0 Å². The van der Waals surface area contributed by atoms with Crippen molar-refractivity contribution in [1.29, 1.82) is 0 Å². The van der Waals surface area contributed by atoms with Crippen LogP contribution in [0.2, 0.25) is 0 Å². The minimum Gasteiger partial charge on any atom is -0.484 e. The number of rotatable bonds is 3. The SMILES string of the molecule is CCCn1cc(C2CC(=O)c3cc(Br)ccc3O2)cn1. The maximum atomic E-state index is 12.2. The van der Waals surface area contributed by atoms with Crippen molar-refractivity contribution in [2.45, 2.75) is 32.4 Å². The van der Waals surface area contributed by atoms with Gasteiger partial charge in [0.15, 0.2) is 5.78 Å². The van der Waals surface area contributed by atoms with E-state index in [9.17, 15) is 4.79 Å². The van der Waals surface area contributed by atoms with Crippen molar-refractivity contribution in [1.82, 2.24) is 9.78 Å². The summed E-state index contributed by atoms with van der Waals surface area (Å²) in [4.78, 5) is 12.2. The van der Waals surface area contributed by atoms with Crippen molar-refractivity contribution in [3.8, 4) is 5.75 Å². The molecule has 1 atom stereocenters. The maximum Gasteiger partial charge on any atom is 0.170 e. The first-order valence-corrected chi connectivity index (χ1v) is 7.48. The Kier molecular flexibility index (Phi) is 3.61.